The van der Waals surface area contributed by atoms with Crippen molar-refractivity contribution < 1.29 is 4.79 Å². The number of rotatable bonds is 1. The van der Waals surface area contributed by atoms with Gasteiger partial charge < -0.3 is 4.57 Å². The minimum absolute atomic E-state index is 0.459. The number of aldehydes is 1. The van der Waals surface area contributed by atoms with Crippen LogP contribution in [0.25, 0.3) is 11.0 Å². The van der Waals surface area contributed by atoms with Gasteiger partial charge in [0.25, 0.3) is 0 Å². The molecule has 0 saturated carbocycles. The van der Waals surface area contributed by atoms with Crippen molar-refractivity contribution >= 4 is 33.2 Å². The minimum Gasteiger partial charge on any atom is -0.325 e. The van der Waals surface area contributed by atoms with Gasteiger partial charge in [-0.3, -0.25) is 4.79 Å². The fraction of sp³-hybridized carbons (Fsp3) is 0.200. The second kappa shape index (κ2) is 3.20. The summed E-state index contributed by atoms with van der Waals surface area (Å²) in [6.07, 6.45) is 0.771. The number of nitrogens with zero attached hydrogens (tertiary/aromatic N) is 2. The van der Waals surface area contributed by atoms with E-state index in [-0.39, 0.29) is 0 Å². The van der Waals surface area contributed by atoms with E-state index in [1.54, 1.807) is 4.57 Å². The minimum atomic E-state index is 0.459. The van der Waals surface area contributed by atoms with Crippen LogP contribution >= 0.6 is 15.9 Å². The molecule has 0 unspecified atom stereocenters. The van der Waals surface area contributed by atoms with Crippen LogP contribution in [0, 0.1) is 6.92 Å². The van der Waals surface area contributed by atoms with Crippen molar-refractivity contribution in [3.05, 3.63) is 28.0 Å². The molecule has 72 valence electrons. The number of hydrogen-bond donors (Lipinski definition) is 0. The summed E-state index contributed by atoms with van der Waals surface area (Å²) in [5.74, 6) is 0.459. The standard InChI is InChI=1S/C10H9BrN2O/c1-6-3-7(11)4-8-10(6)12-9(5-14)13(8)2/h3-5H,1-2H3. The van der Waals surface area contributed by atoms with E-state index in [0.717, 1.165) is 27.4 Å². The van der Waals surface area contributed by atoms with Gasteiger partial charge in [0.1, 0.15) is 0 Å². The topological polar surface area (TPSA) is 34.9 Å². The number of aryl methyl sites for hydroxylation is 2. The monoisotopic (exact) mass is 252 g/mol. The largest absolute Gasteiger partial charge is 0.325 e. The molecule has 1 aromatic heterocycles. The Bertz CT molecular complexity index is 516. The van der Waals surface area contributed by atoms with Gasteiger partial charge in [-0.25, -0.2) is 4.98 Å². The van der Waals surface area contributed by atoms with Crippen molar-refractivity contribution in [1.29, 1.82) is 0 Å². The summed E-state index contributed by atoms with van der Waals surface area (Å²) >= 11 is 3.42. The molecule has 0 radical (unpaired) electrons. The Morgan fingerprint density at radius 2 is 2.21 bits per heavy atom. The zero-order valence-electron chi connectivity index (χ0n) is 7.91. The maximum Gasteiger partial charge on any atom is 0.185 e. The third kappa shape index (κ3) is 1.26. The maximum absolute atomic E-state index is 10.7. The fourth-order valence-corrected chi connectivity index (χ4v) is 2.10. The lowest BCUT2D eigenvalue weighted by Gasteiger charge is -1.98. The Balaban J connectivity index is 2.91. The van der Waals surface area contributed by atoms with Crippen LogP contribution in [0.1, 0.15) is 16.2 Å². The van der Waals surface area contributed by atoms with E-state index in [4.69, 9.17) is 0 Å². The lowest BCUT2D eigenvalue weighted by atomic mass is 10.2. The van der Waals surface area contributed by atoms with Gasteiger partial charge in [0, 0.05) is 11.5 Å². The van der Waals surface area contributed by atoms with Crippen LogP contribution < -0.4 is 0 Å². The Hall–Kier alpha value is -1.16. The van der Waals surface area contributed by atoms with Crippen LogP contribution in [-0.4, -0.2) is 15.8 Å². The van der Waals surface area contributed by atoms with Crippen LogP contribution in [0.15, 0.2) is 16.6 Å². The summed E-state index contributed by atoms with van der Waals surface area (Å²) in [5.41, 5.74) is 2.93. The Morgan fingerprint density at radius 3 is 2.86 bits per heavy atom. The highest BCUT2D eigenvalue weighted by Crippen LogP contribution is 2.23. The van der Waals surface area contributed by atoms with Crippen molar-refractivity contribution in [3.8, 4) is 0 Å². The van der Waals surface area contributed by atoms with Crippen LogP contribution in [-0.2, 0) is 7.05 Å². The zero-order valence-corrected chi connectivity index (χ0v) is 9.50. The number of imidazole rings is 1. The number of benzene rings is 1. The predicted octanol–water partition coefficient (Wildman–Crippen LogP) is 2.46. The second-order valence-electron chi connectivity index (χ2n) is 3.24. The van der Waals surface area contributed by atoms with Crippen LogP contribution in [0.3, 0.4) is 0 Å². The molecule has 0 bridgehead atoms. The number of hydrogen-bond acceptors (Lipinski definition) is 2. The molecule has 0 atom stereocenters. The summed E-state index contributed by atoms with van der Waals surface area (Å²) in [6.45, 7) is 1.98. The first-order valence-electron chi connectivity index (χ1n) is 4.21. The van der Waals surface area contributed by atoms with Crippen molar-refractivity contribution in [2.24, 2.45) is 7.05 Å². The molecule has 1 heterocycles. The van der Waals surface area contributed by atoms with E-state index in [1.807, 2.05) is 26.1 Å². The highest BCUT2D eigenvalue weighted by atomic mass is 79.9. The molecule has 4 heteroatoms. The normalized spacial score (nSPS) is 10.8. The molecule has 2 aromatic rings. The molecule has 0 aliphatic carbocycles. The molecular weight excluding hydrogens is 244 g/mol. The van der Waals surface area contributed by atoms with Gasteiger partial charge in [0.05, 0.1) is 11.0 Å². The highest BCUT2D eigenvalue weighted by molar-refractivity contribution is 9.10. The third-order valence-corrected chi connectivity index (χ3v) is 2.74. The molecule has 0 aliphatic heterocycles. The first kappa shape index (κ1) is 9.40. The summed E-state index contributed by atoms with van der Waals surface area (Å²) in [4.78, 5) is 14.9. The Kier molecular flexibility index (Phi) is 2.15. The molecule has 0 N–H and O–H groups in total. The number of carbonyl (C=O) groups excluding carboxylic acids is 1. The number of halogens is 1. The van der Waals surface area contributed by atoms with Gasteiger partial charge in [0.2, 0.25) is 0 Å². The average Bonchev–Trinajstić information content (AvgIpc) is 2.44. The molecule has 1 aromatic carbocycles. The van der Waals surface area contributed by atoms with E-state index >= 15 is 0 Å². The van der Waals surface area contributed by atoms with E-state index in [2.05, 4.69) is 20.9 Å². The zero-order chi connectivity index (χ0) is 10.3. The highest BCUT2D eigenvalue weighted by Gasteiger charge is 2.09. The second-order valence-corrected chi connectivity index (χ2v) is 4.15. The molecule has 2 rings (SSSR count). The molecule has 0 fully saturated rings. The maximum atomic E-state index is 10.7. The fourth-order valence-electron chi connectivity index (χ4n) is 1.54. The van der Waals surface area contributed by atoms with Gasteiger partial charge in [0.15, 0.2) is 12.1 Å². The molecule has 0 spiro atoms. The van der Waals surface area contributed by atoms with Crippen molar-refractivity contribution in [3.63, 3.8) is 0 Å². The van der Waals surface area contributed by atoms with Crippen LogP contribution in [0.5, 0.6) is 0 Å². The summed E-state index contributed by atoms with van der Waals surface area (Å²) in [7, 11) is 1.84. The van der Waals surface area contributed by atoms with Crippen LogP contribution in [0.4, 0.5) is 0 Å². The van der Waals surface area contributed by atoms with Gasteiger partial charge in [-0.2, -0.15) is 0 Å². The van der Waals surface area contributed by atoms with Gasteiger partial charge in [-0.15, -0.1) is 0 Å². The number of carbonyl (C=O) groups is 1. The average molecular weight is 253 g/mol. The van der Waals surface area contributed by atoms with Gasteiger partial charge in [-0.05, 0) is 24.6 Å². The van der Waals surface area contributed by atoms with Crippen molar-refractivity contribution in [2.45, 2.75) is 6.92 Å². The van der Waals surface area contributed by atoms with E-state index in [0.29, 0.717) is 5.82 Å². The lowest BCUT2D eigenvalue weighted by Crippen LogP contribution is -1.94. The number of fused-ring (bicyclic) bond motifs is 1. The van der Waals surface area contributed by atoms with Gasteiger partial charge >= 0.3 is 0 Å². The third-order valence-electron chi connectivity index (χ3n) is 2.28. The van der Waals surface area contributed by atoms with Crippen molar-refractivity contribution in [2.75, 3.05) is 0 Å². The molecule has 3 nitrogen and oxygen atoms in total. The molecule has 0 amide bonds. The summed E-state index contributed by atoms with van der Waals surface area (Å²) < 4.78 is 2.79. The Labute approximate surface area is 89.9 Å². The first-order chi connectivity index (χ1) is 6.63. The van der Waals surface area contributed by atoms with Crippen LogP contribution in [0.2, 0.25) is 0 Å². The van der Waals surface area contributed by atoms with E-state index in [1.165, 1.54) is 0 Å². The molecule has 0 aliphatic rings. The quantitative estimate of drug-likeness (QED) is 0.731. The number of aromatic nitrogens is 2. The Morgan fingerprint density at radius 1 is 1.50 bits per heavy atom. The first-order valence-corrected chi connectivity index (χ1v) is 5.00. The van der Waals surface area contributed by atoms with Gasteiger partial charge in [-0.1, -0.05) is 15.9 Å². The van der Waals surface area contributed by atoms with E-state index in [9.17, 15) is 4.79 Å². The molecular formula is C10H9BrN2O. The van der Waals surface area contributed by atoms with E-state index < -0.39 is 0 Å². The summed E-state index contributed by atoms with van der Waals surface area (Å²) in [6, 6.07) is 3.95. The molecule has 0 saturated heterocycles. The van der Waals surface area contributed by atoms with Crippen molar-refractivity contribution in [1.82, 2.24) is 9.55 Å². The molecule has 14 heavy (non-hydrogen) atoms. The predicted molar refractivity (Wildman–Crippen MR) is 58.5 cm³/mol. The SMILES string of the molecule is Cc1cc(Br)cc2c1nc(C=O)n2C. The summed E-state index contributed by atoms with van der Waals surface area (Å²) in [5, 5.41) is 0. The lowest BCUT2D eigenvalue weighted by molar-refractivity contribution is 0.111. The smallest absolute Gasteiger partial charge is 0.185 e.